The first-order valence-electron chi connectivity index (χ1n) is 5.14. The topological polar surface area (TPSA) is 126 Å². The van der Waals surface area contributed by atoms with Crippen LogP contribution in [0, 0.1) is 0 Å². The van der Waals surface area contributed by atoms with Crippen molar-refractivity contribution in [1.29, 1.82) is 0 Å². The van der Waals surface area contributed by atoms with Gasteiger partial charge >= 0.3 is 6.16 Å². The van der Waals surface area contributed by atoms with Gasteiger partial charge in [-0.05, 0) is 6.92 Å². The first-order chi connectivity index (χ1) is 7.97. The van der Waals surface area contributed by atoms with Gasteiger partial charge in [0.05, 0.1) is 6.61 Å². The molecule has 4 N–H and O–H groups in total. The summed E-state index contributed by atoms with van der Waals surface area (Å²) in [7, 11) is 0. The third-order valence-electron chi connectivity index (χ3n) is 2.31. The molecule has 5 atom stereocenters. The zero-order valence-corrected chi connectivity index (χ0v) is 9.22. The van der Waals surface area contributed by atoms with E-state index in [1.54, 1.807) is 6.92 Å². The van der Waals surface area contributed by atoms with Crippen molar-refractivity contribution in [2.24, 2.45) is 0 Å². The van der Waals surface area contributed by atoms with Crippen LogP contribution in [0.25, 0.3) is 0 Å². The highest BCUT2D eigenvalue weighted by molar-refractivity contribution is 5.59. The van der Waals surface area contributed by atoms with Crippen LogP contribution < -0.4 is 0 Å². The lowest BCUT2D eigenvalue weighted by Gasteiger charge is -2.37. The van der Waals surface area contributed by atoms with E-state index in [4.69, 9.17) is 4.74 Å². The van der Waals surface area contributed by atoms with Gasteiger partial charge in [0.25, 0.3) is 0 Å². The molecule has 1 saturated heterocycles. The average Bonchev–Trinajstić information content (AvgIpc) is 2.30. The summed E-state index contributed by atoms with van der Waals surface area (Å²) >= 11 is 0. The van der Waals surface area contributed by atoms with E-state index in [2.05, 4.69) is 9.47 Å². The lowest BCUT2D eigenvalue weighted by Crippen LogP contribution is -2.58. The molecule has 8 nitrogen and oxygen atoms in total. The summed E-state index contributed by atoms with van der Waals surface area (Å²) in [6.07, 6.45) is -8.38. The fourth-order valence-corrected chi connectivity index (χ4v) is 1.38. The molecule has 1 heterocycles. The Balaban J connectivity index is 2.45. The Hall–Kier alpha value is -0.930. The van der Waals surface area contributed by atoms with Crippen LogP contribution in [-0.4, -0.2) is 70.5 Å². The molecule has 0 aliphatic carbocycles. The van der Waals surface area contributed by atoms with Crippen molar-refractivity contribution in [2.75, 3.05) is 13.2 Å². The van der Waals surface area contributed by atoms with E-state index < -0.39 is 43.5 Å². The third-order valence-corrected chi connectivity index (χ3v) is 2.31. The van der Waals surface area contributed by atoms with E-state index in [1.165, 1.54) is 0 Å². The minimum absolute atomic E-state index is 0.136. The van der Waals surface area contributed by atoms with Crippen LogP contribution in [0.15, 0.2) is 0 Å². The minimum Gasteiger partial charge on any atom is -0.435 e. The smallest absolute Gasteiger partial charge is 0.435 e. The van der Waals surface area contributed by atoms with Crippen LogP contribution >= 0.6 is 0 Å². The molecule has 0 unspecified atom stereocenters. The van der Waals surface area contributed by atoms with Crippen LogP contribution in [0.3, 0.4) is 0 Å². The second-order valence-corrected chi connectivity index (χ2v) is 3.53. The van der Waals surface area contributed by atoms with Crippen molar-refractivity contribution in [2.45, 2.75) is 37.6 Å². The van der Waals surface area contributed by atoms with Gasteiger partial charge in [-0.3, -0.25) is 0 Å². The molecule has 1 fully saturated rings. The van der Waals surface area contributed by atoms with E-state index in [1.807, 2.05) is 0 Å². The quantitative estimate of drug-likeness (QED) is 0.423. The standard InChI is InChI=1S/C9H16O8/c1-2-15-9(14)16-3-4-5(10)6(11)7(12)8(13)17-4/h4-8,10-13H,2-3H2,1H3/t4-,5-,6+,7-,8-/m1/s1. The first kappa shape index (κ1) is 14.1. The molecule has 8 heteroatoms. The van der Waals surface area contributed by atoms with Gasteiger partial charge in [0.1, 0.15) is 31.0 Å². The number of rotatable bonds is 3. The first-order valence-corrected chi connectivity index (χ1v) is 5.14. The molecule has 0 spiro atoms. The lowest BCUT2D eigenvalue weighted by molar-refractivity contribution is -0.286. The Labute approximate surface area is 97.3 Å². The summed E-state index contributed by atoms with van der Waals surface area (Å²) in [6, 6.07) is 0. The molecule has 1 aliphatic heterocycles. The number of ether oxygens (including phenoxy) is 3. The summed E-state index contributed by atoms with van der Waals surface area (Å²) in [5, 5.41) is 37.2. The second kappa shape index (κ2) is 6.12. The van der Waals surface area contributed by atoms with Gasteiger partial charge in [-0.15, -0.1) is 0 Å². The van der Waals surface area contributed by atoms with Gasteiger partial charge in [0, 0.05) is 0 Å². The summed E-state index contributed by atoms with van der Waals surface area (Å²) < 4.78 is 13.8. The Bertz CT molecular complexity index is 257. The fraction of sp³-hybridized carbons (Fsp3) is 0.889. The maximum Gasteiger partial charge on any atom is 0.508 e. The number of aliphatic hydroxyl groups excluding tert-OH is 4. The summed E-state index contributed by atoms with van der Waals surface area (Å²) in [4.78, 5) is 10.9. The van der Waals surface area contributed by atoms with Crippen molar-refractivity contribution in [3.63, 3.8) is 0 Å². The largest absolute Gasteiger partial charge is 0.508 e. The van der Waals surface area contributed by atoms with E-state index in [0.29, 0.717) is 0 Å². The normalized spacial score (nSPS) is 37.6. The molecule has 1 aliphatic rings. The minimum atomic E-state index is -1.65. The van der Waals surface area contributed by atoms with Crippen LogP contribution in [0.1, 0.15) is 6.92 Å². The molecule has 0 amide bonds. The third kappa shape index (κ3) is 3.51. The molecule has 1 rings (SSSR count). The maximum atomic E-state index is 10.9. The zero-order valence-electron chi connectivity index (χ0n) is 9.22. The number of hydrogen-bond donors (Lipinski definition) is 4. The number of aliphatic hydroxyl groups is 4. The maximum absolute atomic E-state index is 10.9. The van der Waals surface area contributed by atoms with Crippen LogP contribution in [0.4, 0.5) is 4.79 Å². The van der Waals surface area contributed by atoms with Crippen LogP contribution in [0.2, 0.25) is 0 Å². The van der Waals surface area contributed by atoms with E-state index in [0.717, 1.165) is 0 Å². The molecule has 0 aromatic carbocycles. The predicted molar refractivity (Wildman–Crippen MR) is 51.9 cm³/mol. The van der Waals surface area contributed by atoms with Crippen LogP contribution in [-0.2, 0) is 14.2 Å². The van der Waals surface area contributed by atoms with Gasteiger partial charge in [0.2, 0.25) is 0 Å². The molecule has 0 aromatic heterocycles. The lowest BCUT2D eigenvalue weighted by atomic mass is 9.99. The summed E-state index contributed by atoms with van der Waals surface area (Å²) in [5.74, 6) is 0. The van der Waals surface area contributed by atoms with Gasteiger partial charge in [-0.1, -0.05) is 0 Å². The SMILES string of the molecule is CCOC(=O)OC[C@H]1O[C@@H](O)[C@H](O)[C@@H](O)[C@@H]1O. The zero-order chi connectivity index (χ0) is 13.0. The van der Waals surface area contributed by atoms with Crippen LogP contribution in [0.5, 0.6) is 0 Å². The summed E-state index contributed by atoms with van der Waals surface area (Å²) in [5.41, 5.74) is 0. The molecule has 0 saturated carbocycles. The Kier molecular flexibility index (Phi) is 5.09. The fourth-order valence-electron chi connectivity index (χ4n) is 1.38. The van der Waals surface area contributed by atoms with E-state index in [9.17, 15) is 25.2 Å². The van der Waals surface area contributed by atoms with Gasteiger partial charge < -0.3 is 34.6 Å². The second-order valence-electron chi connectivity index (χ2n) is 3.53. The van der Waals surface area contributed by atoms with Crippen molar-refractivity contribution < 1.29 is 39.4 Å². The molecule has 0 aromatic rings. The van der Waals surface area contributed by atoms with Crippen molar-refractivity contribution in [3.8, 4) is 0 Å². The van der Waals surface area contributed by atoms with Gasteiger partial charge in [0.15, 0.2) is 6.29 Å². The number of carbonyl (C=O) groups excluding carboxylic acids is 1. The molecule has 0 bridgehead atoms. The Morgan fingerprint density at radius 3 is 2.35 bits per heavy atom. The number of hydrogen-bond acceptors (Lipinski definition) is 8. The van der Waals surface area contributed by atoms with Crippen molar-refractivity contribution in [1.82, 2.24) is 0 Å². The highest BCUT2D eigenvalue weighted by atomic mass is 16.7. The van der Waals surface area contributed by atoms with E-state index >= 15 is 0 Å². The summed E-state index contributed by atoms with van der Waals surface area (Å²) in [6.45, 7) is 1.33. The monoisotopic (exact) mass is 252 g/mol. The van der Waals surface area contributed by atoms with E-state index in [-0.39, 0.29) is 6.61 Å². The van der Waals surface area contributed by atoms with Gasteiger partial charge in [-0.25, -0.2) is 4.79 Å². The Morgan fingerprint density at radius 1 is 1.12 bits per heavy atom. The molecule has 0 radical (unpaired) electrons. The van der Waals surface area contributed by atoms with Gasteiger partial charge in [-0.2, -0.15) is 0 Å². The Morgan fingerprint density at radius 2 is 1.76 bits per heavy atom. The molecular weight excluding hydrogens is 236 g/mol. The highest BCUT2D eigenvalue weighted by Crippen LogP contribution is 2.20. The number of carbonyl (C=O) groups is 1. The highest BCUT2D eigenvalue weighted by Gasteiger charge is 2.43. The van der Waals surface area contributed by atoms with Crippen molar-refractivity contribution >= 4 is 6.16 Å². The molecule has 100 valence electrons. The average molecular weight is 252 g/mol. The molecular formula is C9H16O8. The molecule has 17 heavy (non-hydrogen) atoms. The van der Waals surface area contributed by atoms with Crippen molar-refractivity contribution in [3.05, 3.63) is 0 Å². The predicted octanol–water partition coefficient (Wildman–Crippen LogP) is -2.04.